The quantitative estimate of drug-likeness (QED) is 0.275. The summed E-state index contributed by atoms with van der Waals surface area (Å²) in [5.41, 5.74) is 2.11. The molecule has 2 N–H and O–H groups in total. The minimum Gasteiger partial charge on any atom is -0.497 e. The number of carbonyl (C=O) groups excluding carboxylic acids is 1. The van der Waals surface area contributed by atoms with Gasteiger partial charge in [-0.05, 0) is 56.2 Å². The molecule has 1 saturated heterocycles. The average Bonchev–Trinajstić information content (AvgIpc) is 3.69. The highest BCUT2D eigenvalue weighted by Gasteiger charge is 2.28. The molecule has 2 aromatic carbocycles. The Hall–Kier alpha value is -4.47. The third-order valence-electron chi connectivity index (χ3n) is 7.58. The van der Waals surface area contributed by atoms with Gasteiger partial charge in [0.05, 0.1) is 19.9 Å². The number of aromatic amines is 1. The van der Waals surface area contributed by atoms with Crippen molar-refractivity contribution >= 4 is 11.7 Å². The van der Waals surface area contributed by atoms with Gasteiger partial charge < -0.3 is 24.7 Å². The van der Waals surface area contributed by atoms with Crippen LogP contribution in [-0.4, -0.2) is 58.7 Å². The summed E-state index contributed by atoms with van der Waals surface area (Å²) in [5.74, 6) is 2.47. The molecule has 212 valence electrons. The molecule has 1 aliphatic heterocycles. The first-order valence-corrected chi connectivity index (χ1v) is 14.1. The Balaban J connectivity index is 1.18. The van der Waals surface area contributed by atoms with E-state index in [1.807, 2.05) is 29.2 Å². The zero-order valence-corrected chi connectivity index (χ0v) is 23.0. The van der Waals surface area contributed by atoms with Crippen molar-refractivity contribution in [2.45, 2.75) is 38.1 Å². The van der Waals surface area contributed by atoms with Gasteiger partial charge in [-0.3, -0.25) is 4.79 Å². The molecule has 3 heterocycles. The van der Waals surface area contributed by atoms with Crippen LogP contribution < -0.4 is 19.7 Å². The lowest BCUT2D eigenvalue weighted by atomic mass is 10.0. The molecule has 1 amide bonds. The molecule has 0 radical (unpaired) electrons. The summed E-state index contributed by atoms with van der Waals surface area (Å²) in [6, 6.07) is 12.8. The van der Waals surface area contributed by atoms with Gasteiger partial charge in [-0.2, -0.15) is 0 Å². The second kappa shape index (κ2) is 12.0. The van der Waals surface area contributed by atoms with Crippen molar-refractivity contribution in [1.82, 2.24) is 25.3 Å². The second-order valence-electron chi connectivity index (χ2n) is 10.6. The Morgan fingerprint density at radius 3 is 2.76 bits per heavy atom. The van der Waals surface area contributed by atoms with Gasteiger partial charge in [-0.1, -0.05) is 18.2 Å². The lowest BCUT2D eigenvalue weighted by molar-refractivity contribution is 0.0948. The number of piperidine rings is 1. The van der Waals surface area contributed by atoms with Crippen LogP contribution >= 0.6 is 0 Å². The van der Waals surface area contributed by atoms with Crippen LogP contribution in [0.3, 0.4) is 0 Å². The van der Waals surface area contributed by atoms with Crippen LogP contribution in [0.25, 0.3) is 22.8 Å². The highest BCUT2D eigenvalue weighted by atomic mass is 19.1. The van der Waals surface area contributed by atoms with Crippen LogP contribution in [0.15, 0.2) is 61.1 Å². The van der Waals surface area contributed by atoms with Crippen molar-refractivity contribution in [3.63, 3.8) is 0 Å². The number of halogens is 1. The van der Waals surface area contributed by atoms with E-state index in [0.29, 0.717) is 48.5 Å². The third-order valence-corrected chi connectivity index (χ3v) is 7.58. The van der Waals surface area contributed by atoms with Gasteiger partial charge in [0.2, 0.25) is 0 Å². The number of nitrogens with one attached hydrogen (secondary N) is 2. The third kappa shape index (κ3) is 6.32. The summed E-state index contributed by atoms with van der Waals surface area (Å²) in [4.78, 5) is 31.5. The zero-order valence-electron chi connectivity index (χ0n) is 23.0. The topological polar surface area (TPSA) is 105 Å². The smallest absolute Gasteiger partial charge is 0.251 e. The molecule has 9 nitrogen and oxygen atoms in total. The van der Waals surface area contributed by atoms with E-state index in [1.165, 1.54) is 19.0 Å². The average molecular weight is 557 g/mol. The van der Waals surface area contributed by atoms with Gasteiger partial charge in [0.15, 0.2) is 17.5 Å². The van der Waals surface area contributed by atoms with Crippen LogP contribution in [0, 0.1) is 11.7 Å². The molecule has 41 heavy (non-hydrogen) atoms. The van der Waals surface area contributed by atoms with Crippen LogP contribution in [0.4, 0.5) is 10.2 Å². The summed E-state index contributed by atoms with van der Waals surface area (Å²) in [7, 11) is 1.57. The Morgan fingerprint density at radius 1 is 1.10 bits per heavy atom. The Morgan fingerprint density at radius 2 is 1.95 bits per heavy atom. The minimum absolute atomic E-state index is 0.115. The molecule has 10 heteroatoms. The van der Waals surface area contributed by atoms with Gasteiger partial charge in [0.1, 0.15) is 17.3 Å². The number of rotatable bonds is 10. The predicted octanol–water partition coefficient (Wildman–Crippen LogP) is 5.26. The number of carbonyl (C=O) groups is 1. The largest absolute Gasteiger partial charge is 0.497 e. The molecular formula is C31H33FN6O3. The van der Waals surface area contributed by atoms with E-state index in [4.69, 9.17) is 9.47 Å². The maximum atomic E-state index is 15.2. The Kier molecular flexibility index (Phi) is 7.80. The standard InChI is InChI=1S/C31H33FN6O3/c1-40-25-14-23(15-26(16-25)41-19-20-8-9-20)31(39)36-17-24-7-2-3-12-38(24)30-27(32)18-35-29(37-30)22-6-4-5-21(13-22)28-33-10-11-34-28/h4-6,10-11,13-16,18,20,24H,2-3,7-9,12,17,19H2,1H3,(H,33,34)(H,36,39). The summed E-state index contributed by atoms with van der Waals surface area (Å²) in [6.45, 7) is 1.63. The fourth-order valence-corrected chi connectivity index (χ4v) is 5.13. The number of methoxy groups -OCH3 is 1. The van der Waals surface area contributed by atoms with Crippen LogP contribution in [0.1, 0.15) is 42.5 Å². The van der Waals surface area contributed by atoms with Crippen molar-refractivity contribution in [2.24, 2.45) is 5.92 Å². The fraction of sp³-hybridized carbons (Fsp3) is 0.355. The molecule has 2 aliphatic rings. The number of imidazole rings is 1. The SMILES string of the molecule is COc1cc(OCC2CC2)cc(C(=O)NCC2CCCCN2c2nc(-c3cccc(-c4ncc[nH]4)c3)ncc2F)c1. The summed E-state index contributed by atoms with van der Waals surface area (Å²) < 4.78 is 26.5. The number of H-pyrrole nitrogens is 1. The molecule has 1 aliphatic carbocycles. The number of hydrogen-bond acceptors (Lipinski definition) is 7. The van der Waals surface area contributed by atoms with Crippen molar-refractivity contribution in [3.8, 4) is 34.3 Å². The number of hydrogen-bond donors (Lipinski definition) is 2. The van der Waals surface area contributed by atoms with Gasteiger partial charge in [0, 0.05) is 54.3 Å². The van der Waals surface area contributed by atoms with E-state index in [1.54, 1.807) is 37.7 Å². The number of nitrogens with zero attached hydrogens (tertiary/aromatic N) is 4. The molecule has 1 saturated carbocycles. The highest BCUT2D eigenvalue weighted by Crippen LogP contribution is 2.31. The molecule has 6 rings (SSSR count). The van der Waals surface area contributed by atoms with E-state index in [-0.39, 0.29) is 17.8 Å². The summed E-state index contributed by atoms with van der Waals surface area (Å²) >= 11 is 0. The molecule has 2 aromatic heterocycles. The zero-order chi connectivity index (χ0) is 28.2. The molecule has 2 fully saturated rings. The monoisotopic (exact) mass is 556 g/mol. The first-order chi connectivity index (χ1) is 20.1. The maximum Gasteiger partial charge on any atom is 0.251 e. The number of anilines is 1. The first kappa shape index (κ1) is 26.7. The van der Waals surface area contributed by atoms with Crippen molar-refractivity contribution in [2.75, 3.05) is 31.7 Å². The predicted molar refractivity (Wildman–Crippen MR) is 154 cm³/mol. The highest BCUT2D eigenvalue weighted by molar-refractivity contribution is 5.95. The van der Waals surface area contributed by atoms with E-state index >= 15 is 4.39 Å². The van der Waals surface area contributed by atoms with Crippen LogP contribution in [-0.2, 0) is 0 Å². The van der Waals surface area contributed by atoms with E-state index < -0.39 is 5.82 Å². The minimum atomic E-state index is -0.487. The fourth-order valence-electron chi connectivity index (χ4n) is 5.13. The number of aromatic nitrogens is 4. The van der Waals surface area contributed by atoms with Gasteiger partial charge >= 0.3 is 0 Å². The van der Waals surface area contributed by atoms with E-state index in [9.17, 15) is 4.79 Å². The van der Waals surface area contributed by atoms with Crippen molar-refractivity contribution in [1.29, 1.82) is 0 Å². The lowest BCUT2D eigenvalue weighted by Crippen LogP contribution is -2.47. The van der Waals surface area contributed by atoms with Gasteiger partial charge in [0.25, 0.3) is 5.91 Å². The summed E-state index contributed by atoms with van der Waals surface area (Å²) in [6.07, 6.45) is 9.75. The normalized spacial score (nSPS) is 16.8. The molecule has 0 spiro atoms. The first-order valence-electron chi connectivity index (χ1n) is 14.1. The van der Waals surface area contributed by atoms with E-state index in [0.717, 1.165) is 36.2 Å². The van der Waals surface area contributed by atoms with Crippen molar-refractivity contribution < 1.29 is 18.7 Å². The lowest BCUT2D eigenvalue weighted by Gasteiger charge is -2.37. The maximum absolute atomic E-state index is 15.2. The molecule has 4 aromatic rings. The molecule has 0 bridgehead atoms. The number of amides is 1. The van der Waals surface area contributed by atoms with E-state index in [2.05, 4.69) is 25.3 Å². The Bertz CT molecular complexity index is 1510. The summed E-state index contributed by atoms with van der Waals surface area (Å²) in [5, 5.41) is 3.05. The van der Waals surface area contributed by atoms with Crippen LogP contribution in [0.2, 0.25) is 0 Å². The molecular weight excluding hydrogens is 523 g/mol. The van der Waals surface area contributed by atoms with Crippen molar-refractivity contribution in [3.05, 3.63) is 72.4 Å². The number of benzene rings is 2. The second-order valence-corrected chi connectivity index (χ2v) is 10.6. The Labute approximate surface area is 238 Å². The van der Waals surface area contributed by atoms with Crippen LogP contribution in [0.5, 0.6) is 11.5 Å². The molecule has 1 unspecified atom stereocenters. The molecule has 1 atom stereocenters. The number of ether oxygens (including phenoxy) is 2. The van der Waals surface area contributed by atoms with Gasteiger partial charge in [-0.15, -0.1) is 0 Å². The van der Waals surface area contributed by atoms with Gasteiger partial charge in [-0.25, -0.2) is 19.3 Å².